The van der Waals surface area contributed by atoms with E-state index in [1.54, 1.807) is 0 Å². The van der Waals surface area contributed by atoms with Gasteiger partial charge >= 0.3 is 0 Å². The Morgan fingerprint density at radius 2 is 1.91 bits per heavy atom. The number of fused-ring (bicyclic) bond motifs is 1. The van der Waals surface area contributed by atoms with E-state index >= 15 is 0 Å². The molecule has 0 bridgehead atoms. The number of benzene rings is 1. The molecule has 1 aromatic carbocycles. The molecule has 0 saturated carbocycles. The molecule has 0 spiro atoms. The van der Waals surface area contributed by atoms with Crippen LogP contribution in [0.5, 0.6) is 5.75 Å². The van der Waals surface area contributed by atoms with Gasteiger partial charge in [-0.3, -0.25) is 4.40 Å². The maximum absolute atomic E-state index is 9.92. The highest BCUT2D eigenvalue weighted by Gasteiger charge is 2.07. The summed E-state index contributed by atoms with van der Waals surface area (Å²) >= 11 is 0. The van der Waals surface area contributed by atoms with Gasteiger partial charge in [0.15, 0.2) is 11.5 Å². The van der Waals surface area contributed by atoms with Crippen molar-refractivity contribution in [2.45, 2.75) is 12.6 Å². The summed E-state index contributed by atoms with van der Waals surface area (Å²) in [6, 6.07) is 15.2. The molecule has 1 atom stereocenters. The minimum atomic E-state index is -0.584. The summed E-state index contributed by atoms with van der Waals surface area (Å²) in [5, 5.41) is 21.3. The van der Waals surface area contributed by atoms with Gasteiger partial charge in [0, 0.05) is 12.7 Å². The molecule has 0 radical (unpaired) electrons. The molecule has 0 saturated heterocycles. The first-order chi connectivity index (χ1) is 10.8. The van der Waals surface area contributed by atoms with E-state index < -0.39 is 6.10 Å². The lowest BCUT2D eigenvalue weighted by Gasteiger charge is -2.12. The van der Waals surface area contributed by atoms with Crippen LogP contribution >= 0.6 is 0 Å². The van der Waals surface area contributed by atoms with Crippen LogP contribution in [0.2, 0.25) is 0 Å². The van der Waals surface area contributed by atoms with E-state index in [4.69, 9.17) is 4.74 Å². The van der Waals surface area contributed by atoms with Crippen LogP contribution in [0, 0.1) is 0 Å². The van der Waals surface area contributed by atoms with Crippen molar-refractivity contribution in [2.75, 3.05) is 13.2 Å². The van der Waals surface area contributed by atoms with Crippen molar-refractivity contribution in [3.05, 3.63) is 60.6 Å². The molecule has 3 rings (SSSR count). The zero-order valence-electron chi connectivity index (χ0n) is 12.1. The Labute approximate surface area is 128 Å². The molecule has 6 heteroatoms. The van der Waals surface area contributed by atoms with Gasteiger partial charge in [-0.1, -0.05) is 24.3 Å². The van der Waals surface area contributed by atoms with Gasteiger partial charge in [0.2, 0.25) is 0 Å². The van der Waals surface area contributed by atoms with Crippen molar-refractivity contribution in [1.82, 2.24) is 19.9 Å². The Morgan fingerprint density at radius 3 is 2.77 bits per heavy atom. The minimum absolute atomic E-state index is 0.248. The van der Waals surface area contributed by atoms with Gasteiger partial charge in [0.25, 0.3) is 0 Å². The van der Waals surface area contributed by atoms with E-state index in [1.807, 2.05) is 59.1 Å². The number of rotatable bonds is 7. The van der Waals surface area contributed by atoms with Gasteiger partial charge in [-0.25, -0.2) is 0 Å². The zero-order valence-corrected chi connectivity index (χ0v) is 12.1. The fourth-order valence-corrected chi connectivity index (χ4v) is 2.13. The standard InChI is InChI=1S/C16H18N4O2/c21-13(12-22-14-6-2-1-3-7-14)10-17-11-16-19-18-15-8-4-5-9-20(15)16/h1-9,13,17,21H,10-12H2/t13-/m0/s1. The third kappa shape index (κ3) is 3.60. The largest absolute Gasteiger partial charge is 0.491 e. The summed E-state index contributed by atoms with van der Waals surface area (Å²) in [7, 11) is 0. The zero-order chi connectivity index (χ0) is 15.2. The van der Waals surface area contributed by atoms with Gasteiger partial charge in [-0.05, 0) is 24.3 Å². The number of hydrogen-bond acceptors (Lipinski definition) is 5. The van der Waals surface area contributed by atoms with Crippen molar-refractivity contribution in [3.63, 3.8) is 0 Å². The highest BCUT2D eigenvalue weighted by atomic mass is 16.5. The van der Waals surface area contributed by atoms with Crippen LogP contribution < -0.4 is 10.1 Å². The van der Waals surface area contributed by atoms with E-state index in [2.05, 4.69) is 15.5 Å². The van der Waals surface area contributed by atoms with Gasteiger partial charge < -0.3 is 15.2 Å². The second kappa shape index (κ2) is 7.02. The molecule has 0 aliphatic heterocycles. The van der Waals surface area contributed by atoms with Crippen molar-refractivity contribution in [3.8, 4) is 5.75 Å². The number of hydrogen-bond donors (Lipinski definition) is 2. The SMILES string of the molecule is O[C@@H](CNCc1nnc2ccccn12)COc1ccccc1. The summed E-state index contributed by atoms with van der Waals surface area (Å²) in [4.78, 5) is 0. The molecule has 2 heterocycles. The number of ether oxygens (including phenoxy) is 1. The lowest BCUT2D eigenvalue weighted by Crippen LogP contribution is -2.31. The first-order valence-corrected chi connectivity index (χ1v) is 7.18. The lowest BCUT2D eigenvalue weighted by atomic mass is 10.3. The number of aromatic nitrogens is 3. The molecule has 0 unspecified atom stereocenters. The predicted molar refractivity (Wildman–Crippen MR) is 82.6 cm³/mol. The summed E-state index contributed by atoms with van der Waals surface area (Å²) in [6.07, 6.45) is 1.33. The van der Waals surface area contributed by atoms with Crippen LogP contribution in [0.1, 0.15) is 5.82 Å². The number of nitrogens with zero attached hydrogens (tertiary/aromatic N) is 3. The third-order valence-electron chi connectivity index (χ3n) is 3.23. The van der Waals surface area contributed by atoms with Crippen molar-refractivity contribution >= 4 is 5.65 Å². The maximum atomic E-state index is 9.92. The van der Waals surface area contributed by atoms with Crippen LogP contribution in [-0.4, -0.2) is 39.0 Å². The first kappa shape index (κ1) is 14.5. The van der Waals surface area contributed by atoms with Gasteiger partial charge in [-0.2, -0.15) is 0 Å². The smallest absolute Gasteiger partial charge is 0.160 e. The summed E-state index contributed by atoms with van der Waals surface area (Å²) in [5.74, 6) is 1.57. The Hall–Kier alpha value is -2.44. The van der Waals surface area contributed by atoms with Gasteiger partial charge in [0.05, 0.1) is 6.54 Å². The molecule has 0 amide bonds. The van der Waals surface area contributed by atoms with E-state index in [9.17, 15) is 5.11 Å². The van der Waals surface area contributed by atoms with Gasteiger partial charge in [-0.15, -0.1) is 10.2 Å². The van der Waals surface area contributed by atoms with Crippen LogP contribution in [0.25, 0.3) is 5.65 Å². The molecule has 0 aliphatic carbocycles. The fourth-order valence-electron chi connectivity index (χ4n) is 2.13. The number of aliphatic hydroxyl groups is 1. The number of pyridine rings is 1. The Bertz CT molecular complexity index is 714. The number of nitrogens with one attached hydrogen (secondary N) is 1. The molecule has 6 nitrogen and oxygen atoms in total. The quantitative estimate of drug-likeness (QED) is 0.687. The van der Waals surface area contributed by atoms with E-state index in [-0.39, 0.29) is 6.61 Å². The monoisotopic (exact) mass is 298 g/mol. The Kier molecular flexibility index (Phi) is 4.62. The molecule has 2 N–H and O–H groups in total. The summed E-state index contributed by atoms with van der Waals surface area (Å²) in [5.41, 5.74) is 0.812. The maximum Gasteiger partial charge on any atom is 0.160 e. The second-order valence-electron chi connectivity index (χ2n) is 4.95. The third-order valence-corrected chi connectivity index (χ3v) is 3.23. The summed E-state index contributed by atoms with van der Waals surface area (Å²) < 4.78 is 7.42. The first-order valence-electron chi connectivity index (χ1n) is 7.18. The molecule has 0 fully saturated rings. The number of para-hydroxylation sites is 1. The normalized spacial score (nSPS) is 12.4. The highest BCUT2D eigenvalue weighted by molar-refractivity contribution is 5.36. The molecule has 3 aromatic rings. The van der Waals surface area contributed by atoms with E-state index in [0.29, 0.717) is 13.1 Å². The van der Waals surface area contributed by atoms with Crippen LogP contribution in [-0.2, 0) is 6.54 Å². The molecule has 114 valence electrons. The topological polar surface area (TPSA) is 71.7 Å². The summed E-state index contributed by atoms with van der Waals surface area (Å²) in [6.45, 7) is 1.21. The average molecular weight is 298 g/mol. The molecule has 2 aromatic heterocycles. The molecular formula is C16H18N4O2. The highest BCUT2D eigenvalue weighted by Crippen LogP contribution is 2.08. The van der Waals surface area contributed by atoms with E-state index in [1.165, 1.54) is 0 Å². The number of aliphatic hydroxyl groups excluding tert-OH is 1. The van der Waals surface area contributed by atoms with Gasteiger partial charge in [0.1, 0.15) is 18.5 Å². The van der Waals surface area contributed by atoms with Crippen molar-refractivity contribution < 1.29 is 9.84 Å². The average Bonchev–Trinajstić information content (AvgIpc) is 2.97. The van der Waals surface area contributed by atoms with Crippen molar-refractivity contribution in [2.24, 2.45) is 0 Å². The Balaban J connectivity index is 1.44. The Morgan fingerprint density at radius 1 is 1.09 bits per heavy atom. The predicted octanol–water partition coefficient (Wildman–Crippen LogP) is 1.26. The second-order valence-corrected chi connectivity index (χ2v) is 4.95. The fraction of sp³-hybridized carbons (Fsp3) is 0.250. The van der Waals surface area contributed by atoms with Crippen LogP contribution in [0.15, 0.2) is 54.7 Å². The van der Waals surface area contributed by atoms with E-state index in [0.717, 1.165) is 17.2 Å². The van der Waals surface area contributed by atoms with Crippen LogP contribution in [0.3, 0.4) is 0 Å². The molecule has 0 aliphatic rings. The molecule has 22 heavy (non-hydrogen) atoms. The lowest BCUT2D eigenvalue weighted by molar-refractivity contribution is 0.106. The van der Waals surface area contributed by atoms with Crippen LogP contribution in [0.4, 0.5) is 0 Å². The molecular weight excluding hydrogens is 280 g/mol. The minimum Gasteiger partial charge on any atom is -0.491 e. The van der Waals surface area contributed by atoms with Crippen molar-refractivity contribution in [1.29, 1.82) is 0 Å².